The van der Waals surface area contributed by atoms with Crippen molar-refractivity contribution < 1.29 is 33.5 Å². The van der Waals surface area contributed by atoms with Crippen LogP contribution in [-0.4, -0.2) is 77.7 Å². The van der Waals surface area contributed by atoms with Gasteiger partial charge in [-0.2, -0.15) is 0 Å². The minimum absolute atomic E-state index is 0.0558. The van der Waals surface area contributed by atoms with E-state index in [1.54, 1.807) is 0 Å². The van der Waals surface area contributed by atoms with Gasteiger partial charge >= 0.3 is 12.0 Å². The number of piperidine rings is 1. The van der Waals surface area contributed by atoms with Crippen molar-refractivity contribution >= 4 is 35.5 Å². The molecule has 4 rings (SSSR count). The minimum atomic E-state index is -1.05. The smallest absolute Gasteiger partial charge is 0.329 e. The number of hydrogen-bond acceptors (Lipinski definition) is 7. The van der Waals surface area contributed by atoms with Gasteiger partial charge < -0.3 is 30.9 Å². The molecule has 0 aromatic heterocycles. The summed E-state index contributed by atoms with van der Waals surface area (Å²) in [5, 5.41) is 10.9. The van der Waals surface area contributed by atoms with Gasteiger partial charge in [0.2, 0.25) is 17.6 Å². The number of ether oxygens (including phenoxy) is 1. The first kappa shape index (κ1) is 37.6. The molecule has 1 aromatic carbocycles. The SMILES string of the molecule is C=CCNC(=O)C(=O)C(CCC)NC(=O)[C@@H]1[C@@H]2[C@H](CN1C(=O)[C@@H](NC(=O)N[C@H](C(=O)OCc1ccccc1)C1CCC1)C(C)(C)C)C2(C)C. The molecule has 12 heteroatoms. The molecular weight excluding hydrogens is 626 g/mol. The summed E-state index contributed by atoms with van der Waals surface area (Å²) in [6.07, 6.45) is 4.75. The average molecular weight is 680 g/mol. The van der Waals surface area contributed by atoms with Crippen LogP contribution in [0, 0.1) is 28.6 Å². The molecule has 1 unspecified atom stereocenters. The Labute approximate surface area is 289 Å². The van der Waals surface area contributed by atoms with Crippen LogP contribution in [0.3, 0.4) is 0 Å². The molecule has 4 N–H and O–H groups in total. The summed E-state index contributed by atoms with van der Waals surface area (Å²) in [5.41, 5.74) is -0.137. The van der Waals surface area contributed by atoms with Crippen molar-refractivity contribution in [3.05, 3.63) is 48.6 Å². The number of carbonyl (C=O) groups excluding carboxylic acids is 6. The molecule has 5 amide bonds. The van der Waals surface area contributed by atoms with E-state index in [0.29, 0.717) is 13.0 Å². The highest BCUT2D eigenvalue weighted by atomic mass is 16.5. The van der Waals surface area contributed by atoms with E-state index >= 15 is 0 Å². The molecule has 2 saturated carbocycles. The van der Waals surface area contributed by atoms with E-state index in [4.69, 9.17) is 4.74 Å². The number of likely N-dealkylation sites (tertiary alicyclic amines) is 1. The van der Waals surface area contributed by atoms with Gasteiger partial charge in [0, 0.05) is 13.1 Å². The molecule has 3 aliphatic rings. The number of carbonyl (C=O) groups is 6. The molecule has 2 aliphatic carbocycles. The predicted octanol–water partition coefficient (Wildman–Crippen LogP) is 3.25. The van der Waals surface area contributed by atoms with Crippen LogP contribution >= 0.6 is 0 Å². The van der Waals surface area contributed by atoms with E-state index in [2.05, 4.69) is 27.8 Å². The third kappa shape index (κ3) is 8.69. The largest absolute Gasteiger partial charge is 0.459 e. The topological polar surface area (TPSA) is 163 Å². The van der Waals surface area contributed by atoms with E-state index in [0.717, 1.165) is 24.8 Å². The number of rotatable bonds is 15. The highest BCUT2D eigenvalue weighted by Crippen LogP contribution is 2.65. The zero-order valence-electron chi connectivity index (χ0n) is 29.7. The Morgan fingerprint density at radius 3 is 2.29 bits per heavy atom. The summed E-state index contributed by atoms with van der Waals surface area (Å²) in [4.78, 5) is 81.9. The number of hydrogen-bond donors (Lipinski definition) is 4. The van der Waals surface area contributed by atoms with Crippen LogP contribution in [0.2, 0.25) is 0 Å². The molecule has 49 heavy (non-hydrogen) atoms. The van der Waals surface area contributed by atoms with Crippen LogP contribution in [0.15, 0.2) is 43.0 Å². The van der Waals surface area contributed by atoms with Gasteiger partial charge in [-0.1, -0.05) is 90.8 Å². The van der Waals surface area contributed by atoms with Gasteiger partial charge in [0.25, 0.3) is 5.91 Å². The lowest BCUT2D eigenvalue weighted by atomic mass is 9.79. The standard InChI is InChI=1S/C37H53N5O7/c1-8-14-25(29(43)32(45)38-19-9-2)39-31(44)28-26-24(37(26,6)7)20-42(28)33(46)30(36(3,4)5)41-35(48)40-27(23-17-13-18-23)34(47)49-21-22-15-11-10-12-16-22/h9-12,15-16,23-28,30H,2,8,13-14,17-21H2,1,3-7H3,(H,38,45)(H,39,44)(H2,40,41,48)/t24-,25?,26-,27-,28-,30+/m0/s1. The van der Waals surface area contributed by atoms with Crippen LogP contribution < -0.4 is 21.3 Å². The zero-order chi connectivity index (χ0) is 36.1. The third-order valence-corrected chi connectivity index (χ3v) is 10.4. The van der Waals surface area contributed by atoms with Gasteiger partial charge in [-0.15, -0.1) is 6.58 Å². The number of Topliss-reactive ketones (excluding diaryl/α,β-unsaturated/α-hetero) is 1. The maximum Gasteiger partial charge on any atom is 0.329 e. The summed E-state index contributed by atoms with van der Waals surface area (Å²) >= 11 is 0. The Bertz CT molecular complexity index is 1420. The first-order valence-electron chi connectivity index (χ1n) is 17.4. The second-order valence-electron chi connectivity index (χ2n) is 15.3. The Kier molecular flexibility index (Phi) is 11.9. The summed E-state index contributed by atoms with van der Waals surface area (Å²) in [6.45, 7) is 15.5. The molecule has 1 aliphatic heterocycles. The lowest BCUT2D eigenvalue weighted by Crippen LogP contribution is -2.62. The Hall–Kier alpha value is -4.22. The Balaban J connectivity index is 1.48. The molecule has 1 aromatic rings. The molecule has 1 saturated heterocycles. The number of amides is 5. The summed E-state index contributed by atoms with van der Waals surface area (Å²) in [7, 11) is 0. The van der Waals surface area contributed by atoms with E-state index in [1.165, 1.54) is 11.0 Å². The van der Waals surface area contributed by atoms with Gasteiger partial charge in [0.15, 0.2) is 0 Å². The number of nitrogens with zero attached hydrogens (tertiary/aromatic N) is 1. The molecule has 12 nitrogen and oxygen atoms in total. The quantitative estimate of drug-likeness (QED) is 0.126. The van der Waals surface area contributed by atoms with E-state index < -0.39 is 65.1 Å². The molecule has 3 fully saturated rings. The van der Waals surface area contributed by atoms with Crippen molar-refractivity contribution in [3.8, 4) is 0 Å². The van der Waals surface area contributed by atoms with Gasteiger partial charge in [0.05, 0.1) is 6.04 Å². The molecule has 0 radical (unpaired) electrons. The predicted molar refractivity (Wildman–Crippen MR) is 184 cm³/mol. The van der Waals surface area contributed by atoms with Crippen LogP contribution in [-0.2, 0) is 35.3 Å². The normalized spacial score (nSPS) is 22.7. The highest BCUT2D eigenvalue weighted by molar-refractivity contribution is 6.38. The number of esters is 1. The number of fused-ring (bicyclic) bond motifs is 1. The number of benzene rings is 1. The fourth-order valence-electron chi connectivity index (χ4n) is 7.13. The van der Waals surface area contributed by atoms with Crippen molar-refractivity contribution in [2.75, 3.05) is 13.1 Å². The third-order valence-electron chi connectivity index (χ3n) is 10.4. The van der Waals surface area contributed by atoms with Crippen LogP contribution in [0.25, 0.3) is 0 Å². The van der Waals surface area contributed by atoms with E-state index in [-0.39, 0.29) is 42.7 Å². The average Bonchev–Trinajstić information content (AvgIpc) is 3.33. The van der Waals surface area contributed by atoms with Gasteiger partial charge in [-0.05, 0) is 53.4 Å². The number of nitrogens with one attached hydrogen (secondary N) is 4. The monoisotopic (exact) mass is 679 g/mol. The molecule has 6 atom stereocenters. The maximum absolute atomic E-state index is 14.3. The Morgan fingerprint density at radius 2 is 1.71 bits per heavy atom. The van der Waals surface area contributed by atoms with Gasteiger partial charge in [0.1, 0.15) is 24.7 Å². The fourth-order valence-corrected chi connectivity index (χ4v) is 7.13. The summed E-state index contributed by atoms with van der Waals surface area (Å²) in [6, 6.07) is 4.77. The van der Waals surface area contributed by atoms with Crippen molar-refractivity contribution in [1.29, 1.82) is 0 Å². The Morgan fingerprint density at radius 1 is 1.04 bits per heavy atom. The fraction of sp³-hybridized carbons (Fsp3) is 0.622. The van der Waals surface area contributed by atoms with Gasteiger partial charge in [-0.3, -0.25) is 19.2 Å². The lowest BCUT2D eigenvalue weighted by molar-refractivity contribution is -0.149. The first-order valence-corrected chi connectivity index (χ1v) is 17.4. The number of ketones is 1. The van der Waals surface area contributed by atoms with Crippen molar-refractivity contribution in [3.63, 3.8) is 0 Å². The van der Waals surface area contributed by atoms with Gasteiger partial charge in [-0.25, -0.2) is 9.59 Å². The van der Waals surface area contributed by atoms with Crippen molar-refractivity contribution in [2.24, 2.45) is 28.6 Å². The molecule has 1 heterocycles. The summed E-state index contributed by atoms with van der Waals surface area (Å²) in [5.74, 6) is -3.20. The summed E-state index contributed by atoms with van der Waals surface area (Å²) < 4.78 is 5.57. The van der Waals surface area contributed by atoms with E-state index in [1.807, 2.05) is 71.9 Å². The molecule has 0 spiro atoms. The lowest BCUT2D eigenvalue weighted by Gasteiger charge is -2.38. The molecule has 0 bridgehead atoms. The minimum Gasteiger partial charge on any atom is -0.459 e. The molecule has 268 valence electrons. The van der Waals surface area contributed by atoms with Crippen LogP contribution in [0.4, 0.5) is 4.79 Å². The second-order valence-corrected chi connectivity index (χ2v) is 15.3. The van der Waals surface area contributed by atoms with E-state index in [9.17, 15) is 28.8 Å². The molecular formula is C37H53N5O7. The van der Waals surface area contributed by atoms with Crippen LogP contribution in [0.5, 0.6) is 0 Å². The maximum atomic E-state index is 14.3. The van der Waals surface area contributed by atoms with Crippen molar-refractivity contribution in [2.45, 2.75) is 104 Å². The number of urea groups is 1. The van der Waals surface area contributed by atoms with Crippen molar-refractivity contribution in [1.82, 2.24) is 26.2 Å². The second kappa shape index (κ2) is 15.6. The first-order chi connectivity index (χ1) is 23.1. The zero-order valence-corrected chi connectivity index (χ0v) is 29.7. The highest BCUT2D eigenvalue weighted by Gasteiger charge is 2.70. The van der Waals surface area contributed by atoms with Crippen LogP contribution in [0.1, 0.15) is 79.2 Å².